The second-order valence-electron chi connectivity index (χ2n) is 4.62. The molecule has 1 heterocycles. The van der Waals surface area contributed by atoms with E-state index in [0.29, 0.717) is 12.5 Å². The summed E-state index contributed by atoms with van der Waals surface area (Å²) in [6.07, 6.45) is 1.91. The summed E-state index contributed by atoms with van der Waals surface area (Å²) in [5.41, 5.74) is 0. The van der Waals surface area contributed by atoms with Crippen molar-refractivity contribution in [2.24, 2.45) is 0 Å². The Hall–Kier alpha value is -1.05. The number of hydrogen-bond acceptors (Lipinski definition) is 4. The van der Waals surface area contributed by atoms with Crippen LogP contribution in [0.4, 0.5) is 4.39 Å². The Morgan fingerprint density at radius 3 is 2.74 bits per heavy atom. The van der Waals surface area contributed by atoms with E-state index < -0.39 is 20.9 Å². The van der Waals surface area contributed by atoms with Crippen molar-refractivity contribution in [2.45, 2.75) is 31.3 Å². The normalized spacial score (nSPS) is 12.3. The number of halogens is 1. The van der Waals surface area contributed by atoms with E-state index in [1.54, 1.807) is 0 Å². The molecule has 108 valence electrons. The van der Waals surface area contributed by atoms with E-state index >= 15 is 0 Å². The van der Waals surface area contributed by atoms with Crippen LogP contribution in [0.2, 0.25) is 0 Å². The molecule has 0 fully saturated rings. The van der Waals surface area contributed by atoms with Gasteiger partial charge in [-0.3, -0.25) is 0 Å². The summed E-state index contributed by atoms with van der Waals surface area (Å²) in [6, 6.07) is 2.84. The molecule has 0 saturated heterocycles. The van der Waals surface area contributed by atoms with Gasteiger partial charge in [-0.25, -0.2) is 22.5 Å². The zero-order valence-electron chi connectivity index (χ0n) is 11.4. The highest BCUT2D eigenvalue weighted by molar-refractivity contribution is 7.89. The van der Waals surface area contributed by atoms with Crippen molar-refractivity contribution in [1.82, 2.24) is 14.6 Å². The number of nitrogens with zero attached hydrogens (tertiary/aromatic N) is 2. The number of hydrogen-bond donors (Lipinski definition) is 1. The quantitative estimate of drug-likeness (QED) is 0.767. The van der Waals surface area contributed by atoms with Crippen molar-refractivity contribution in [3.63, 3.8) is 0 Å². The summed E-state index contributed by atoms with van der Waals surface area (Å²) < 4.78 is 39.3. The van der Waals surface area contributed by atoms with Crippen LogP contribution in [0.1, 0.15) is 20.3 Å². The molecule has 0 unspecified atom stereocenters. The molecule has 0 aliphatic heterocycles. The van der Waals surface area contributed by atoms with E-state index in [0.717, 1.165) is 12.6 Å². The number of nitrogens with one attached hydrogen (secondary N) is 1. The first-order valence-corrected chi connectivity index (χ1v) is 7.63. The van der Waals surface area contributed by atoms with Gasteiger partial charge in [-0.15, -0.1) is 0 Å². The second-order valence-corrected chi connectivity index (χ2v) is 6.30. The molecule has 0 bridgehead atoms. The largest absolute Gasteiger partial charge is 0.304 e. The summed E-state index contributed by atoms with van der Waals surface area (Å²) in [5, 5.41) is -0.549. The van der Waals surface area contributed by atoms with Crippen LogP contribution in [0.5, 0.6) is 0 Å². The first-order valence-electron chi connectivity index (χ1n) is 6.15. The molecule has 0 amide bonds. The maximum absolute atomic E-state index is 13.3. The van der Waals surface area contributed by atoms with Crippen molar-refractivity contribution in [2.75, 3.05) is 20.1 Å². The van der Waals surface area contributed by atoms with Gasteiger partial charge in [-0.05, 0) is 46.0 Å². The zero-order chi connectivity index (χ0) is 14.5. The molecule has 0 aliphatic carbocycles. The van der Waals surface area contributed by atoms with E-state index in [-0.39, 0.29) is 6.54 Å². The molecule has 1 rings (SSSR count). The number of sulfonamides is 1. The van der Waals surface area contributed by atoms with E-state index in [4.69, 9.17) is 0 Å². The highest BCUT2D eigenvalue weighted by Gasteiger charge is 2.19. The van der Waals surface area contributed by atoms with Crippen molar-refractivity contribution in [3.05, 3.63) is 24.1 Å². The SMILES string of the molecule is CC(C)N(C)CCCNS(=O)(=O)c1ncccc1F. The van der Waals surface area contributed by atoms with Gasteiger partial charge in [-0.2, -0.15) is 0 Å². The van der Waals surface area contributed by atoms with Gasteiger partial charge in [0.05, 0.1) is 0 Å². The van der Waals surface area contributed by atoms with Gasteiger partial charge in [-0.1, -0.05) is 0 Å². The first kappa shape index (κ1) is 16.0. The van der Waals surface area contributed by atoms with Crippen molar-refractivity contribution < 1.29 is 12.8 Å². The van der Waals surface area contributed by atoms with Gasteiger partial charge >= 0.3 is 0 Å². The lowest BCUT2D eigenvalue weighted by molar-refractivity contribution is 0.271. The summed E-state index contributed by atoms with van der Waals surface area (Å²) in [7, 11) is -1.89. The molecule has 1 aromatic rings. The molecule has 0 atom stereocenters. The third-order valence-electron chi connectivity index (χ3n) is 2.84. The summed E-state index contributed by atoms with van der Waals surface area (Å²) in [4.78, 5) is 5.66. The predicted octanol–water partition coefficient (Wildman–Crippen LogP) is 1.23. The first-order chi connectivity index (χ1) is 8.84. The van der Waals surface area contributed by atoms with Gasteiger partial charge in [0.15, 0.2) is 5.82 Å². The Kier molecular flexibility index (Phi) is 5.84. The van der Waals surface area contributed by atoms with Gasteiger partial charge in [0.1, 0.15) is 0 Å². The molecule has 5 nitrogen and oxygen atoms in total. The standard InChI is InChI=1S/C12H20FN3O2S/c1-10(2)16(3)9-5-8-15-19(17,18)12-11(13)6-4-7-14-12/h4,6-7,10,15H,5,8-9H2,1-3H3. The number of aromatic nitrogens is 1. The fourth-order valence-electron chi connectivity index (χ4n) is 1.43. The average Bonchev–Trinajstić information content (AvgIpc) is 2.34. The average molecular weight is 289 g/mol. The molecule has 1 N–H and O–H groups in total. The summed E-state index contributed by atoms with van der Waals surface area (Å²) in [6.45, 7) is 5.15. The van der Waals surface area contributed by atoms with Crippen molar-refractivity contribution >= 4 is 10.0 Å². The number of rotatable bonds is 7. The Balaban J connectivity index is 2.51. The van der Waals surface area contributed by atoms with Crippen LogP contribution in [0, 0.1) is 5.82 Å². The highest BCUT2D eigenvalue weighted by Crippen LogP contribution is 2.09. The summed E-state index contributed by atoms with van der Waals surface area (Å²) in [5.74, 6) is -0.839. The van der Waals surface area contributed by atoms with E-state index in [1.165, 1.54) is 12.3 Å². The Morgan fingerprint density at radius 1 is 1.47 bits per heavy atom. The summed E-state index contributed by atoms with van der Waals surface area (Å²) >= 11 is 0. The third kappa shape index (κ3) is 4.85. The third-order valence-corrected chi connectivity index (χ3v) is 4.23. The Morgan fingerprint density at radius 2 is 2.16 bits per heavy atom. The van der Waals surface area contributed by atoms with Crippen LogP contribution in [-0.4, -0.2) is 44.5 Å². The Labute approximate surface area is 113 Å². The van der Waals surface area contributed by atoms with Crippen LogP contribution >= 0.6 is 0 Å². The fourth-order valence-corrected chi connectivity index (χ4v) is 2.50. The number of pyridine rings is 1. The lowest BCUT2D eigenvalue weighted by Gasteiger charge is -2.20. The van der Waals surface area contributed by atoms with Crippen LogP contribution in [0.15, 0.2) is 23.4 Å². The molecule has 0 aromatic carbocycles. The predicted molar refractivity (Wildman–Crippen MR) is 71.8 cm³/mol. The van der Waals surface area contributed by atoms with Crippen LogP contribution < -0.4 is 4.72 Å². The van der Waals surface area contributed by atoms with E-state index in [9.17, 15) is 12.8 Å². The smallest absolute Gasteiger partial charge is 0.261 e. The maximum Gasteiger partial charge on any atom is 0.261 e. The van der Waals surface area contributed by atoms with Crippen molar-refractivity contribution in [1.29, 1.82) is 0 Å². The fraction of sp³-hybridized carbons (Fsp3) is 0.583. The molecule has 0 radical (unpaired) electrons. The van der Waals surface area contributed by atoms with Gasteiger partial charge in [0, 0.05) is 18.8 Å². The molecular formula is C12H20FN3O2S. The minimum atomic E-state index is -3.86. The minimum absolute atomic E-state index is 0.259. The zero-order valence-corrected chi connectivity index (χ0v) is 12.2. The molecule has 1 aromatic heterocycles. The molecule has 0 aliphatic rings. The maximum atomic E-state index is 13.3. The Bertz CT molecular complexity index is 505. The highest BCUT2D eigenvalue weighted by atomic mass is 32.2. The molecule has 19 heavy (non-hydrogen) atoms. The van der Waals surface area contributed by atoms with Gasteiger partial charge in [0.2, 0.25) is 5.03 Å². The molecule has 0 saturated carbocycles. The lowest BCUT2D eigenvalue weighted by Crippen LogP contribution is -2.32. The lowest BCUT2D eigenvalue weighted by atomic mass is 10.3. The van der Waals surface area contributed by atoms with Crippen LogP contribution in [0.3, 0.4) is 0 Å². The minimum Gasteiger partial charge on any atom is -0.304 e. The molecule has 0 spiro atoms. The van der Waals surface area contributed by atoms with E-state index in [2.05, 4.69) is 28.5 Å². The van der Waals surface area contributed by atoms with Gasteiger partial charge in [0.25, 0.3) is 10.0 Å². The van der Waals surface area contributed by atoms with Crippen LogP contribution in [-0.2, 0) is 10.0 Å². The topological polar surface area (TPSA) is 62.3 Å². The molecule has 7 heteroatoms. The van der Waals surface area contributed by atoms with Crippen LogP contribution in [0.25, 0.3) is 0 Å². The monoisotopic (exact) mass is 289 g/mol. The van der Waals surface area contributed by atoms with Crippen molar-refractivity contribution in [3.8, 4) is 0 Å². The second kappa shape index (κ2) is 6.93. The van der Waals surface area contributed by atoms with Gasteiger partial charge < -0.3 is 4.90 Å². The molecular weight excluding hydrogens is 269 g/mol. The van der Waals surface area contributed by atoms with E-state index in [1.807, 2.05) is 7.05 Å².